The summed E-state index contributed by atoms with van der Waals surface area (Å²) in [5.41, 5.74) is 2.47. The van der Waals surface area contributed by atoms with Crippen molar-refractivity contribution >= 4 is 33.2 Å². The molecule has 2 heterocycles. The van der Waals surface area contributed by atoms with Crippen LogP contribution in [0.3, 0.4) is 0 Å². The van der Waals surface area contributed by atoms with E-state index in [1.165, 1.54) is 9.44 Å². The van der Waals surface area contributed by atoms with Crippen LogP contribution in [-0.2, 0) is 25.9 Å². The molecule has 152 valence electrons. The molecule has 0 radical (unpaired) electrons. The van der Waals surface area contributed by atoms with Crippen LogP contribution in [0.4, 0.5) is 0 Å². The zero-order chi connectivity index (χ0) is 20.7. The van der Waals surface area contributed by atoms with Crippen molar-refractivity contribution in [3.63, 3.8) is 0 Å². The van der Waals surface area contributed by atoms with E-state index in [1.54, 1.807) is 22.0 Å². The molecule has 5 rings (SSSR count). The zero-order valence-corrected chi connectivity index (χ0v) is 18.0. The van der Waals surface area contributed by atoms with Gasteiger partial charge in [0.25, 0.3) is 5.56 Å². The zero-order valence-electron chi connectivity index (χ0n) is 16.4. The Bertz CT molecular complexity index is 1350. The number of aryl methyl sites for hydroxylation is 2. The highest BCUT2D eigenvalue weighted by atomic mass is 35.5. The molecular formula is C24H21ClN2O2S. The Balaban J connectivity index is 1.76. The van der Waals surface area contributed by atoms with Crippen LogP contribution < -0.4 is 11.2 Å². The maximum Gasteiger partial charge on any atom is 0.332 e. The molecule has 4 aromatic rings. The number of fused-ring (bicyclic) bond motifs is 3. The second-order valence-corrected chi connectivity index (χ2v) is 9.22. The van der Waals surface area contributed by atoms with Crippen molar-refractivity contribution in [3.05, 3.63) is 102 Å². The molecular weight excluding hydrogens is 416 g/mol. The van der Waals surface area contributed by atoms with Crippen LogP contribution in [0.1, 0.15) is 34.4 Å². The smallest absolute Gasteiger partial charge is 0.280 e. The van der Waals surface area contributed by atoms with E-state index in [0.29, 0.717) is 11.6 Å². The molecule has 0 saturated carbocycles. The standard InChI is InChI=1S/C24H21ClN2O2S/c25-19-12-6-4-10-17(19)15-26-22(28)21-18-11-5-7-13-20(18)30-23(21)27(24(26)29)14-16-8-2-1-3-9-16/h1-4,6,8-10,12H,5,7,11,13-15H2. The molecule has 0 atom stereocenters. The Kier molecular flexibility index (Phi) is 5.09. The molecule has 0 saturated heterocycles. The number of thiophene rings is 1. The van der Waals surface area contributed by atoms with Gasteiger partial charge < -0.3 is 0 Å². The van der Waals surface area contributed by atoms with Crippen molar-refractivity contribution in [1.82, 2.24) is 9.13 Å². The summed E-state index contributed by atoms with van der Waals surface area (Å²) >= 11 is 7.95. The van der Waals surface area contributed by atoms with Gasteiger partial charge in [0.05, 0.1) is 18.5 Å². The molecule has 0 amide bonds. The predicted octanol–water partition coefficient (Wildman–Crippen LogP) is 4.85. The van der Waals surface area contributed by atoms with Gasteiger partial charge in [0.1, 0.15) is 4.83 Å². The molecule has 30 heavy (non-hydrogen) atoms. The Labute approximate surface area is 183 Å². The number of hydrogen-bond acceptors (Lipinski definition) is 3. The van der Waals surface area contributed by atoms with E-state index in [0.717, 1.165) is 52.6 Å². The molecule has 0 unspecified atom stereocenters. The van der Waals surface area contributed by atoms with E-state index in [4.69, 9.17) is 11.6 Å². The number of rotatable bonds is 4. The van der Waals surface area contributed by atoms with Gasteiger partial charge in [-0.15, -0.1) is 11.3 Å². The van der Waals surface area contributed by atoms with Crippen LogP contribution in [0.15, 0.2) is 64.2 Å². The van der Waals surface area contributed by atoms with Crippen molar-refractivity contribution in [2.45, 2.75) is 38.8 Å². The first-order chi connectivity index (χ1) is 14.6. The summed E-state index contributed by atoms with van der Waals surface area (Å²) < 4.78 is 3.12. The van der Waals surface area contributed by atoms with Gasteiger partial charge in [-0.05, 0) is 48.4 Å². The van der Waals surface area contributed by atoms with Crippen LogP contribution in [0.5, 0.6) is 0 Å². The minimum Gasteiger partial charge on any atom is -0.280 e. The van der Waals surface area contributed by atoms with E-state index in [9.17, 15) is 9.59 Å². The summed E-state index contributed by atoms with van der Waals surface area (Å²) in [5.74, 6) is 0. The first-order valence-corrected chi connectivity index (χ1v) is 11.4. The largest absolute Gasteiger partial charge is 0.332 e. The van der Waals surface area contributed by atoms with Crippen LogP contribution in [-0.4, -0.2) is 9.13 Å². The lowest BCUT2D eigenvalue weighted by Gasteiger charge is -2.14. The normalized spacial score (nSPS) is 13.5. The number of hydrogen-bond donors (Lipinski definition) is 0. The molecule has 2 aromatic carbocycles. The summed E-state index contributed by atoms with van der Waals surface area (Å²) in [7, 11) is 0. The Morgan fingerprint density at radius 2 is 1.60 bits per heavy atom. The molecule has 1 aliphatic rings. The van der Waals surface area contributed by atoms with Gasteiger partial charge in [-0.2, -0.15) is 0 Å². The number of benzene rings is 2. The molecule has 0 N–H and O–H groups in total. The molecule has 4 nitrogen and oxygen atoms in total. The van der Waals surface area contributed by atoms with E-state index >= 15 is 0 Å². The number of nitrogens with zero attached hydrogens (tertiary/aromatic N) is 2. The summed E-state index contributed by atoms with van der Waals surface area (Å²) in [4.78, 5) is 29.1. The predicted molar refractivity (Wildman–Crippen MR) is 123 cm³/mol. The highest BCUT2D eigenvalue weighted by Crippen LogP contribution is 2.34. The quantitative estimate of drug-likeness (QED) is 0.459. The van der Waals surface area contributed by atoms with Gasteiger partial charge >= 0.3 is 5.69 Å². The fourth-order valence-electron chi connectivity index (χ4n) is 4.26. The van der Waals surface area contributed by atoms with Crippen LogP contribution in [0, 0.1) is 0 Å². The highest BCUT2D eigenvalue weighted by Gasteiger charge is 2.24. The molecule has 0 fully saturated rings. The summed E-state index contributed by atoms with van der Waals surface area (Å²) in [6.45, 7) is 0.616. The summed E-state index contributed by atoms with van der Waals surface area (Å²) in [6, 6.07) is 17.3. The number of halogens is 1. The van der Waals surface area contributed by atoms with Crippen LogP contribution in [0.2, 0.25) is 5.02 Å². The van der Waals surface area contributed by atoms with E-state index < -0.39 is 0 Å². The van der Waals surface area contributed by atoms with Crippen molar-refractivity contribution < 1.29 is 0 Å². The van der Waals surface area contributed by atoms with Crippen molar-refractivity contribution in [3.8, 4) is 0 Å². The third-order valence-corrected chi connectivity index (χ3v) is 7.47. The van der Waals surface area contributed by atoms with E-state index in [2.05, 4.69) is 0 Å². The lowest BCUT2D eigenvalue weighted by Crippen LogP contribution is -2.40. The topological polar surface area (TPSA) is 44.0 Å². The second kappa shape index (κ2) is 7.89. The monoisotopic (exact) mass is 436 g/mol. The van der Waals surface area contributed by atoms with Gasteiger partial charge in [-0.1, -0.05) is 60.1 Å². The lowest BCUT2D eigenvalue weighted by atomic mass is 9.97. The summed E-state index contributed by atoms with van der Waals surface area (Å²) in [5, 5.41) is 1.28. The third-order valence-electron chi connectivity index (χ3n) is 5.79. The first-order valence-electron chi connectivity index (χ1n) is 10.2. The van der Waals surface area contributed by atoms with E-state index in [-0.39, 0.29) is 17.8 Å². The van der Waals surface area contributed by atoms with Gasteiger partial charge in [0.15, 0.2) is 0 Å². The van der Waals surface area contributed by atoms with Crippen molar-refractivity contribution in [2.75, 3.05) is 0 Å². The lowest BCUT2D eigenvalue weighted by molar-refractivity contribution is 0.636. The van der Waals surface area contributed by atoms with Crippen LogP contribution in [0.25, 0.3) is 10.2 Å². The van der Waals surface area contributed by atoms with Crippen molar-refractivity contribution in [2.24, 2.45) is 0 Å². The second-order valence-electron chi connectivity index (χ2n) is 7.73. The molecule has 0 spiro atoms. The highest BCUT2D eigenvalue weighted by molar-refractivity contribution is 7.18. The summed E-state index contributed by atoms with van der Waals surface area (Å²) in [6.07, 6.45) is 4.11. The first kappa shape index (κ1) is 19.3. The van der Waals surface area contributed by atoms with Gasteiger partial charge in [-0.3, -0.25) is 13.9 Å². The van der Waals surface area contributed by atoms with Crippen LogP contribution >= 0.6 is 22.9 Å². The third kappa shape index (κ3) is 3.32. The average molecular weight is 437 g/mol. The fourth-order valence-corrected chi connectivity index (χ4v) is 5.83. The molecule has 2 aromatic heterocycles. The molecule has 0 bridgehead atoms. The molecule has 0 aliphatic heterocycles. The van der Waals surface area contributed by atoms with E-state index in [1.807, 2.05) is 48.5 Å². The SMILES string of the molecule is O=c1c2c3c(sc2n(Cc2ccccc2)c(=O)n1Cc1ccccc1Cl)CCCC3. The maximum absolute atomic E-state index is 13.5. The average Bonchev–Trinajstić information content (AvgIpc) is 3.16. The fraction of sp³-hybridized carbons (Fsp3) is 0.250. The Hall–Kier alpha value is -2.63. The minimum atomic E-state index is -0.283. The minimum absolute atomic E-state index is 0.173. The Morgan fingerprint density at radius 3 is 2.40 bits per heavy atom. The molecule has 1 aliphatic carbocycles. The van der Waals surface area contributed by atoms with Gasteiger partial charge in [-0.25, -0.2) is 4.79 Å². The maximum atomic E-state index is 13.5. The Morgan fingerprint density at radius 1 is 0.867 bits per heavy atom. The van der Waals surface area contributed by atoms with Crippen molar-refractivity contribution in [1.29, 1.82) is 0 Å². The van der Waals surface area contributed by atoms with Gasteiger partial charge in [0, 0.05) is 9.90 Å². The molecule has 6 heteroatoms. The van der Waals surface area contributed by atoms with Gasteiger partial charge in [0.2, 0.25) is 0 Å². The number of aromatic nitrogens is 2.